The zero-order valence-electron chi connectivity index (χ0n) is 7.20. The van der Waals surface area contributed by atoms with Crippen LogP contribution >= 0.6 is 11.6 Å². The molecule has 0 bridgehead atoms. The predicted molar refractivity (Wildman–Crippen MR) is 55.8 cm³/mol. The third kappa shape index (κ3) is 1.44. The minimum atomic E-state index is -0.513. The van der Waals surface area contributed by atoms with Crippen molar-refractivity contribution in [3.63, 3.8) is 0 Å². The fraction of sp³-hybridized carbons (Fsp3) is 0. The van der Waals surface area contributed by atoms with Crippen molar-refractivity contribution >= 4 is 27.6 Å². The Labute approximate surface area is 85.7 Å². The van der Waals surface area contributed by atoms with Gasteiger partial charge in [-0.3, -0.25) is 4.79 Å². The summed E-state index contributed by atoms with van der Waals surface area (Å²) in [5.41, 5.74) is 0.417. The first kappa shape index (κ1) is 9.03. The zero-order valence-corrected chi connectivity index (χ0v) is 7.95. The van der Waals surface area contributed by atoms with Crippen LogP contribution < -0.4 is 0 Å². The molecule has 0 unspecified atom stereocenters. The van der Waals surface area contributed by atoms with Gasteiger partial charge in [-0.05, 0) is 40.6 Å². The number of fused-ring (bicyclic) bond motifs is 1. The van der Waals surface area contributed by atoms with Crippen molar-refractivity contribution in [1.82, 2.24) is 0 Å². The van der Waals surface area contributed by atoms with Crippen LogP contribution in [0.2, 0.25) is 0 Å². The van der Waals surface area contributed by atoms with Crippen LogP contribution in [0.3, 0.4) is 0 Å². The molecule has 0 radical (unpaired) electrons. The van der Waals surface area contributed by atoms with E-state index in [2.05, 4.69) is 0 Å². The number of carbonyl (C=O) groups is 1. The van der Waals surface area contributed by atoms with Crippen LogP contribution in [-0.4, -0.2) is 10.3 Å². The lowest BCUT2D eigenvalue weighted by Gasteiger charge is -2.02. The monoisotopic (exact) mass is 206 g/mol. The Bertz CT molecular complexity index is 506. The van der Waals surface area contributed by atoms with Crippen LogP contribution in [0.25, 0.3) is 10.8 Å². The maximum absolute atomic E-state index is 11.1. The van der Waals surface area contributed by atoms with Gasteiger partial charge in [0.05, 0.1) is 0 Å². The van der Waals surface area contributed by atoms with Gasteiger partial charge in [0.2, 0.25) is 0 Å². The van der Waals surface area contributed by atoms with Gasteiger partial charge in [-0.15, -0.1) is 0 Å². The predicted octanol–water partition coefficient (Wildman–Crippen LogP) is 2.92. The lowest BCUT2D eigenvalue weighted by atomic mass is 10.1. The van der Waals surface area contributed by atoms with E-state index >= 15 is 0 Å². The summed E-state index contributed by atoms with van der Waals surface area (Å²) in [7, 11) is 0. The molecule has 0 atom stereocenters. The third-order valence-corrected chi connectivity index (χ3v) is 2.28. The molecule has 3 heteroatoms. The molecule has 0 aromatic heterocycles. The van der Waals surface area contributed by atoms with E-state index in [0.717, 1.165) is 5.39 Å². The number of carbonyl (C=O) groups excluding carboxylic acids is 1. The van der Waals surface area contributed by atoms with Crippen LogP contribution in [0.5, 0.6) is 5.75 Å². The normalized spacial score (nSPS) is 10.4. The molecule has 0 saturated carbocycles. The van der Waals surface area contributed by atoms with Gasteiger partial charge in [-0.25, -0.2) is 0 Å². The van der Waals surface area contributed by atoms with Gasteiger partial charge in [0.1, 0.15) is 5.75 Å². The standard InChI is InChI=1S/C11H7ClO2/c12-11(14)9-3-1-2-7-4-5-8(13)6-10(7)9/h1-6,13H. The summed E-state index contributed by atoms with van der Waals surface area (Å²) < 4.78 is 0. The van der Waals surface area contributed by atoms with Gasteiger partial charge < -0.3 is 5.11 Å². The number of benzene rings is 2. The first-order valence-electron chi connectivity index (χ1n) is 4.10. The maximum Gasteiger partial charge on any atom is 0.253 e. The van der Waals surface area contributed by atoms with Gasteiger partial charge >= 0.3 is 0 Å². The van der Waals surface area contributed by atoms with E-state index in [1.54, 1.807) is 24.3 Å². The molecule has 14 heavy (non-hydrogen) atoms. The van der Waals surface area contributed by atoms with Crippen molar-refractivity contribution in [2.24, 2.45) is 0 Å². The molecule has 70 valence electrons. The number of phenols is 1. The molecular formula is C11H7ClO2. The third-order valence-electron chi connectivity index (χ3n) is 2.08. The second kappa shape index (κ2) is 3.31. The number of rotatable bonds is 1. The quantitative estimate of drug-likeness (QED) is 0.729. The molecule has 0 heterocycles. The second-order valence-electron chi connectivity index (χ2n) is 2.98. The Kier molecular flexibility index (Phi) is 2.14. The highest BCUT2D eigenvalue weighted by Gasteiger charge is 2.06. The van der Waals surface area contributed by atoms with Crippen LogP contribution in [0.15, 0.2) is 36.4 Å². The number of aromatic hydroxyl groups is 1. The van der Waals surface area contributed by atoms with Crippen LogP contribution in [0, 0.1) is 0 Å². The molecule has 2 nitrogen and oxygen atoms in total. The molecule has 0 saturated heterocycles. The molecule has 0 aliphatic rings. The summed E-state index contributed by atoms with van der Waals surface area (Å²) in [5, 5.41) is 10.3. The molecule has 1 N–H and O–H groups in total. The molecule has 2 aromatic carbocycles. The highest BCUT2D eigenvalue weighted by atomic mass is 35.5. The van der Waals surface area contributed by atoms with Gasteiger partial charge in [0.15, 0.2) is 0 Å². The fourth-order valence-electron chi connectivity index (χ4n) is 1.43. The Hall–Kier alpha value is -1.54. The summed E-state index contributed by atoms with van der Waals surface area (Å²) in [4.78, 5) is 11.1. The topological polar surface area (TPSA) is 37.3 Å². The summed E-state index contributed by atoms with van der Waals surface area (Å²) in [6, 6.07) is 10.1. The molecular weight excluding hydrogens is 200 g/mol. The van der Waals surface area contributed by atoms with Crippen molar-refractivity contribution in [2.75, 3.05) is 0 Å². The average molecular weight is 207 g/mol. The Morgan fingerprint density at radius 1 is 1.21 bits per heavy atom. The van der Waals surface area contributed by atoms with Gasteiger partial charge in [-0.2, -0.15) is 0 Å². The zero-order chi connectivity index (χ0) is 10.1. The van der Waals surface area contributed by atoms with Crippen molar-refractivity contribution < 1.29 is 9.90 Å². The van der Waals surface area contributed by atoms with E-state index in [0.29, 0.717) is 10.9 Å². The summed E-state index contributed by atoms with van der Waals surface area (Å²) in [5.74, 6) is 0.128. The van der Waals surface area contributed by atoms with E-state index in [1.165, 1.54) is 6.07 Å². The van der Waals surface area contributed by atoms with Crippen LogP contribution in [0.4, 0.5) is 0 Å². The van der Waals surface area contributed by atoms with Crippen LogP contribution in [0.1, 0.15) is 10.4 Å². The summed E-state index contributed by atoms with van der Waals surface area (Å²) >= 11 is 5.41. The van der Waals surface area contributed by atoms with Gasteiger partial charge in [0.25, 0.3) is 5.24 Å². The number of hydrogen-bond donors (Lipinski definition) is 1. The molecule has 0 aliphatic heterocycles. The van der Waals surface area contributed by atoms with E-state index in [1.807, 2.05) is 6.07 Å². The Balaban J connectivity index is 2.84. The number of halogens is 1. The summed E-state index contributed by atoms with van der Waals surface area (Å²) in [6.07, 6.45) is 0. The molecule has 0 amide bonds. The van der Waals surface area contributed by atoms with Crippen LogP contribution in [-0.2, 0) is 0 Å². The van der Waals surface area contributed by atoms with Crippen molar-refractivity contribution in [3.05, 3.63) is 42.0 Å². The largest absolute Gasteiger partial charge is 0.508 e. The molecule has 2 aromatic rings. The molecule has 0 spiro atoms. The number of hydrogen-bond acceptors (Lipinski definition) is 2. The fourth-order valence-corrected chi connectivity index (χ4v) is 1.60. The minimum Gasteiger partial charge on any atom is -0.508 e. The maximum atomic E-state index is 11.1. The second-order valence-corrected chi connectivity index (χ2v) is 3.33. The lowest BCUT2D eigenvalue weighted by Crippen LogP contribution is -1.89. The first-order valence-corrected chi connectivity index (χ1v) is 4.48. The van der Waals surface area contributed by atoms with Gasteiger partial charge in [0, 0.05) is 5.56 Å². The van der Waals surface area contributed by atoms with Gasteiger partial charge in [-0.1, -0.05) is 18.2 Å². The molecule has 0 aliphatic carbocycles. The highest BCUT2D eigenvalue weighted by Crippen LogP contribution is 2.24. The average Bonchev–Trinajstić information content (AvgIpc) is 2.16. The van der Waals surface area contributed by atoms with E-state index < -0.39 is 5.24 Å². The SMILES string of the molecule is O=C(Cl)c1cccc2ccc(O)cc12. The van der Waals surface area contributed by atoms with Crippen molar-refractivity contribution in [3.8, 4) is 5.75 Å². The lowest BCUT2D eigenvalue weighted by molar-refractivity contribution is 0.108. The molecule has 0 fully saturated rings. The van der Waals surface area contributed by atoms with E-state index in [9.17, 15) is 9.90 Å². The van der Waals surface area contributed by atoms with E-state index in [-0.39, 0.29) is 5.75 Å². The Morgan fingerprint density at radius 3 is 2.71 bits per heavy atom. The highest BCUT2D eigenvalue weighted by molar-refractivity contribution is 6.68. The smallest absolute Gasteiger partial charge is 0.253 e. The molecule has 2 rings (SSSR count). The first-order chi connectivity index (χ1) is 6.68. The minimum absolute atomic E-state index is 0.128. The summed E-state index contributed by atoms with van der Waals surface area (Å²) in [6.45, 7) is 0. The Morgan fingerprint density at radius 2 is 2.00 bits per heavy atom. The van der Waals surface area contributed by atoms with Crippen molar-refractivity contribution in [2.45, 2.75) is 0 Å². The van der Waals surface area contributed by atoms with E-state index in [4.69, 9.17) is 11.6 Å². The number of phenolic OH excluding ortho intramolecular Hbond substituents is 1. The van der Waals surface area contributed by atoms with Crippen molar-refractivity contribution in [1.29, 1.82) is 0 Å².